The van der Waals surface area contributed by atoms with E-state index in [1.54, 1.807) is 27.7 Å². The predicted molar refractivity (Wildman–Crippen MR) is 143 cm³/mol. The Balaban J connectivity index is 2.05. The van der Waals surface area contributed by atoms with Gasteiger partial charge in [-0.2, -0.15) is 0 Å². The van der Waals surface area contributed by atoms with E-state index < -0.39 is 44.3 Å². The number of aliphatic carboxylic acids is 2. The van der Waals surface area contributed by atoms with Crippen LogP contribution in [-0.4, -0.2) is 31.3 Å². The molecule has 0 spiro atoms. The minimum absolute atomic E-state index is 0.257. The quantitative estimate of drug-likeness (QED) is 0.313. The van der Waals surface area contributed by atoms with Gasteiger partial charge in [0.2, 0.25) is 0 Å². The minimum atomic E-state index is -1.49. The average Bonchev–Trinajstić information content (AvgIpc) is 2.78. The summed E-state index contributed by atoms with van der Waals surface area (Å²) in [6.07, 6.45) is 3.62. The standard InChI is InChI=1S/C27H36O8S2/c1-26(2,24(30)31)12-6-10-22-16-18(28)14-20(36(22)34)8-5-9-21-15-19(29)17-23(37(21)35)11-7-13-27(3,4)25(32)33/h14-17H,5-13H2,1-4H3,(H,30,31)(H,32,33). The summed E-state index contributed by atoms with van der Waals surface area (Å²) >= 11 is 0. The molecule has 0 saturated heterocycles. The molecule has 8 nitrogen and oxygen atoms in total. The number of carboxylic acid groups (broad SMARTS) is 2. The van der Waals surface area contributed by atoms with E-state index in [-0.39, 0.29) is 10.9 Å². The van der Waals surface area contributed by atoms with Crippen LogP contribution >= 0.6 is 21.5 Å². The molecule has 2 aromatic heterocycles. The van der Waals surface area contributed by atoms with Crippen molar-refractivity contribution < 1.29 is 28.9 Å². The maximum absolute atomic E-state index is 13.0. The Bertz CT molecular complexity index is 1140. The maximum atomic E-state index is 13.0. The van der Waals surface area contributed by atoms with Gasteiger partial charge in [-0.1, -0.05) is 0 Å². The van der Waals surface area contributed by atoms with Crippen LogP contribution in [0.2, 0.25) is 0 Å². The monoisotopic (exact) mass is 552 g/mol. The van der Waals surface area contributed by atoms with Crippen LogP contribution in [0.5, 0.6) is 0 Å². The summed E-state index contributed by atoms with van der Waals surface area (Å²) in [5.74, 6) is -1.81. The van der Waals surface area contributed by atoms with Crippen molar-refractivity contribution in [2.45, 2.75) is 85.5 Å². The summed E-state index contributed by atoms with van der Waals surface area (Å²) < 4.78 is 26.0. The molecule has 204 valence electrons. The van der Waals surface area contributed by atoms with E-state index in [9.17, 15) is 38.5 Å². The Morgan fingerprint density at radius 2 is 0.919 bits per heavy atom. The zero-order valence-electron chi connectivity index (χ0n) is 21.8. The molecular formula is C27H36O8S2. The summed E-state index contributed by atoms with van der Waals surface area (Å²) in [5, 5.41) is 18.5. The molecule has 0 amide bonds. The first-order valence-electron chi connectivity index (χ1n) is 12.3. The molecule has 2 atom stereocenters. The highest BCUT2D eigenvalue weighted by molar-refractivity contribution is 7.25. The molecule has 2 unspecified atom stereocenters. The lowest BCUT2D eigenvalue weighted by atomic mass is 9.87. The van der Waals surface area contributed by atoms with Gasteiger partial charge >= 0.3 is 11.9 Å². The van der Waals surface area contributed by atoms with E-state index in [0.29, 0.717) is 77.3 Å². The zero-order chi connectivity index (χ0) is 28.0. The molecule has 2 rings (SSSR count). The highest BCUT2D eigenvalue weighted by Gasteiger charge is 2.28. The molecule has 0 fully saturated rings. The molecule has 0 aliphatic heterocycles. The number of carbonyl (C=O) groups is 2. The van der Waals surface area contributed by atoms with Gasteiger partial charge in [-0.15, -0.1) is 0 Å². The molecule has 0 radical (unpaired) electrons. The second kappa shape index (κ2) is 12.9. The third-order valence-corrected chi connectivity index (χ3v) is 9.81. The normalized spacial score (nSPS) is 13.0. The third kappa shape index (κ3) is 8.84. The van der Waals surface area contributed by atoms with Crippen LogP contribution in [0.3, 0.4) is 0 Å². The highest BCUT2D eigenvalue weighted by Crippen LogP contribution is 2.31. The first-order valence-corrected chi connectivity index (χ1v) is 14.6. The summed E-state index contributed by atoms with van der Waals surface area (Å²) in [5.41, 5.74) is -2.32. The maximum Gasteiger partial charge on any atom is 0.309 e. The van der Waals surface area contributed by atoms with Crippen LogP contribution in [-0.2, 0) is 35.3 Å². The van der Waals surface area contributed by atoms with Crippen LogP contribution in [0.4, 0.5) is 0 Å². The largest absolute Gasteiger partial charge is 0.590 e. The lowest BCUT2D eigenvalue weighted by Gasteiger charge is -2.18. The Labute approximate surface area is 222 Å². The fraction of sp³-hybridized carbons (Fsp3) is 0.556. The van der Waals surface area contributed by atoms with Crippen molar-refractivity contribution in [2.24, 2.45) is 10.8 Å². The number of hydrogen-bond donors (Lipinski definition) is 2. The minimum Gasteiger partial charge on any atom is -0.590 e. The van der Waals surface area contributed by atoms with Crippen molar-refractivity contribution in [3.05, 3.63) is 64.2 Å². The van der Waals surface area contributed by atoms with Gasteiger partial charge in [-0.25, -0.2) is 0 Å². The lowest BCUT2D eigenvalue weighted by Crippen LogP contribution is -2.23. The molecule has 37 heavy (non-hydrogen) atoms. The molecule has 0 bridgehead atoms. The molecule has 0 aromatic carbocycles. The number of aryl methyl sites for hydroxylation is 4. The summed E-state index contributed by atoms with van der Waals surface area (Å²) in [7, 11) is -2.98. The molecular weight excluding hydrogens is 516 g/mol. The number of rotatable bonds is 14. The van der Waals surface area contributed by atoms with Gasteiger partial charge in [0.05, 0.1) is 10.8 Å². The Morgan fingerprint density at radius 3 is 1.19 bits per heavy atom. The fourth-order valence-corrected chi connectivity index (χ4v) is 6.87. The van der Waals surface area contributed by atoms with E-state index in [1.807, 2.05) is 0 Å². The molecule has 0 aliphatic rings. The first-order chi connectivity index (χ1) is 17.1. The van der Waals surface area contributed by atoms with Gasteiger partial charge in [0, 0.05) is 49.9 Å². The third-order valence-electron chi connectivity index (χ3n) is 6.62. The second-order valence-electron chi connectivity index (χ2n) is 10.7. The van der Waals surface area contributed by atoms with Crippen LogP contribution in [0.25, 0.3) is 0 Å². The van der Waals surface area contributed by atoms with Gasteiger partial charge in [0.1, 0.15) is 0 Å². The van der Waals surface area contributed by atoms with Crippen molar-refractivity contribution in [1.82, 2.24) is 0 Å². The average molecular weight is 553 g/mol. The summed E-state index contributed by atoms with van der Waals surface area (Å²) in [4.78, 5) is 48.9. The highest BCUT2D eigenvalue weighted by atomic mass is 32.2. The van der Waals surface area contributed by atoms with Crippen molar-refractivity contribution in [1.29, 1.82) is 0 Å². The van der Waals surface area contributed by atoms with Gasteiger partial charge in [-0.3, -0.25) is 19.2 Å². The summed E-state index contributed by atoms with van der Waals surface area (Å²) in [6.45, 7) is 6.52. The van der Waals surface area contributed by atoms with E-state index in [1.165, 1.54) is 24.3 Å². The van der Waals surface area contributed by atoms with Gasteiger partial charge < -0.3 is 19.3 Å². The van der Waals surface area contributed by atoms with Gasteiger partial charge in [0.15, 0.2) is 30.4 Å². The van der Waals surface area contributed by atoms with Crippen LogP contribution in [0.15, 0.2) is 33.9 Å². The topological polar surface area (TPSA) is 155 Å². The van der Waals surface area contributed by atoms with Crippen LogP contribution in [0.1, 0.15) is 79.3 Å². The first kappa shape index (κ1) is 30.8. The molecule has 2 N–H and O–H groups in total. The summed E-state index contributed by atoms with van der Waals surface area (Å²) in [6, 6.07) is 5.42. The Kier molecular flexibility index (Phi) is 10.8. The van der Waals surface area contributed by atoms with Crippen molar-refractivity contribution >= 4 is 33.4 Å². The van der Waals surface area contributed by atoms with Crippen LogP contribution in [0, 0.1) is 10.8 Å². The zero-order valence-corrected chi connectivity index (χ0v) is 23.5. The van der Waals surface area contributed by atoms with E-state index in [0.717, 1.165) is 0 Å². The number of hydrogen-bond acceptors (Lipinski definition) is 6. The predicted octanol–water partition coefficient (Wildman–Crippen LogP) is 4.90. The van der Waals surface area contributed by atoms with Gasteiger partial charge in [-0.05, 0) is 81.3 Å². The van der Waals surface area contributed by atoms with Crippen molar-refractivity contribution in [2.75, 3.05) is 0 Å². The molecule has 2 aromatic rings. The molecule has 0 saturated carbocycles. The molecule has 0 aliphatic carbocycles. The lowest BCUT2D eigenvalue weighted by molar-refractivity contribution is -0.148. The second-order valence-corrected chi connectivity index (χ2v) is 13.9. The molecule has 2 heterocycles. The van der Waals surface area contributed by atoms with Crippen molar-refractivity contribution in [3.8, 4) is 0 Å². The SMILES string of the molecule is CC(C)(CCCc1cc(=O)cc(CCCc2cc(=O)cc(CCCC(C)(C)C(=O)O)[s+]2[O-])[s+]1[O-])C(=O)O. The fourth-order valence-electron chi connectivity index (χ4n) is 3.99. The van der Waals surface area contributed by atoms with Crippen LogP contribution < -0.4 is 10.9 Å². The number of carboxylic acids is 2. The Hall–Kier alpha value is -2.40. The van der Waals surface area contributed by atoms with E-state index in [2.05, 4.69) is 0 Å². The van der Waals surface area contributed by atoms with E-state index in [4.69, 9.17) is 0 Å². The van der Waals surface area contributed by atoms with E-state index >= 15 is 0 Å². The van der Waals surface area contributed by atoms with Gasteiger partial charge in [0.25, 0.3) is 0 Å². The Morgan fingerprint density at radius 1 is 0.649 bits per heavy atom. The molecule has 10 heteroatoms. The van der Waals surface area contributed by atoms with Crippen molar-refractivity contribution in [3.63, 3.8) is 0 Å². The smallest absolute Gasteiger partial charge is 0.309 e.